The Morgan fingerprint density at radius 2 is 1.77 bits per heavy atom. The molecular weight excluding hydrogens is 406 g/mol. The van der Waals surface area contributed by atoms with E-state index in [0.29, 0.717) is 6.54 Å². The molecule has 0 atom stereocenters. The summed E-state index contributed by atoms with van der Waals surface area (Å²) in [7, 11) is 0. The molecule has 5 nitrogen and oxygen atoms in total. The second-order valence-corrected chi connectivity index (χ2v) is 8.95. The molecule has 4 rings (SSSR count). The molecule has 2 aromatic carbocycles. The van der Waals surface area contributed by atoms with Gasteiger partial charge < -0.3 is 20.8 Å². The van der Waals surface area contributed by atoms with Crippen molar-refractivity contribution >= 4 is 32.9 Å². The van der Waals surface area contributed by atoms with Gasteiger partial charge in [-0.15, -0.1) is 11.3 Å². The van der Waals surface area contributed by atoms with Gasteiger partial charge in [-0.25, -0.2) is 0 Å². The van der Waals surface area contributed by atoms with Crippen LogP contribution in [0.3, 0.4) is 0 Å². The lowest BCUT2D eigenvalue weighted by atomic mass is 9.99. The van der Waals surface area contributed by atoms with Gasteiger partial charge in [0, 0.05) is 23.8 Å². The van der Waals surface area contributed by atoms with Gasteiger partial charge in [0.25, 0.3) is 0 Å². The van der Waals surface area contributed by atoms with Gasteiger partial charge in [-0.2, -0.15) is 0 Å². The summed E-state index contributed by atoms with van der Waals surface area (Å²) in [6, 6.07) is 18.8. The second-order valence-electron chi connectivity index (χ2n) is 8.04. The van der Waals surface area contributed by atoms with Crippen molar-refractivity contribution in [1.29, 1.82) is 0 Å². The van der Waals surface area contributed by atoms with E-state index in [-0.39, 0.29) is 13.2 Å². The first kappa shape index (κ1) is 21.5. The number of anilines is 2. The summed E-state index contributed by atoms with van der Waals surface area (Å²) in [6.45, 7) is 4.19. The molecule has 0 aliphatic carbocycles. The lowest BCUT2D eigenvalue weighted by Gasteiger charge is -2.26. The predicted octanol–water partition coefficient (Wildman–Crippen LogP) is 4.85. The second kappa shape index (κ2) is 9.16. The van der Waals surface area contributed by atoms with Crippen LogP contribution in [0, 0.1) is 6.92 Å². The van der Waals surface area contributed by atoms with Crippen LogP contribution >= 0.6 is 11.3 Å². The number of aliphatic hydroxyl groups excluding tert-OH is 2. The minimum atomic E-state index is -0.710. The molecular formula is C25H27N3O2S. The van der Waals surface area contributed by atoms with Crippen molar-refractivity contribution in [2.75, 3.05) is 18.5 Å². The standard InChI is InChI=1S/C25H27N3O2S/c1-17-20(19-7-4-3-5-8-19)9-6-10-21(17)28-22-14-31-23-11-18(12-26-24(22)23)13-27-25(2,15-29)16-30/h3-12,14,27-30H,13,15-16H2,1-2H3. The van der Waals surface area contributed by atoms with E-state index in [0.717, 1.165) is 27.2 Å². The van der Waals surface area contributed by atoms with Gasteiger partial charge >= 0.3 is 0 Å². The molecule has 160 valence electrons. The van der Waals surface area contributed by atoms with Crippen LogP contribution in [0.25, 0.3) is 21.3 Å². The van der Waals surface area contributed by atoms with Gasteiger partial charge in [0.1, 0.15) is 5.52 Å². The number of pyridine rings is 1. The summed E-state index contributed by atoms with van der Waals surface area (Å²) in [6.07, 6.45) is 1.84. The Morgan fingerprint density at radius 3 is 2.52 bits per heavy atom. The lowest BCUT2D eigenvalue weighted by molar-refractivity contribution is 0.103. The molecule has 0 bridgehead atoms. The normalized spacial score (nSPS) is 11.7. The van der Waals surface area contributed by atoms with Gasteiger partial charge in [0.2, 0.25) is 0 Å². The average Bonchev–Trinajstić information content (AvgIpc) is 3.21. The highest BCUT2D eigenvalue weighted by atomic mass is 32.1. The number of aliphatic hydroxyl groups is 2. The summed E-state index contributed by atoms with van der Waals surface area (Å²) < 4.78 is 1.09. The van der Waals surface area contributed by atoms with Crippen LogP contribution in [-0.4, -0.2) is 33.9 Å². The van der Waals surface area contributed by atoms with E-state index in [1.54, 1.807) is 18.3 Å². The fraction of sp³-hybridized carbons (Fsp3) is 0.240. The number of hydrogen-bond donors (Lipinski definition) is 4. The monoisotopic (exact) mass is 433 g/mol. The minimum absolute atomic E-state index is 0.131. The first-order valence-electron chi connectivity index (χ1n) is 10.3. The van der Waals surface area contributed by atoms with Crippen LogP contribution in [0.4, 0.5) is 11.4 Å². The molecule has 0 saturated carbocycles. The molecule has 2 aromatic heterocycles. The molecule has 0 aliphatic rings. The molecule has 0 unspecified atom stereocenters. The number of rotatable bonds is 8. The highest BCUT2D eigenvalue weighted by Crippen LogP contribution is 2.35. The van der Waals surface area contributed by atoms with E-state index in [9.17, 15) is 10.2 Å². The maximum absolute atomic E-state index is 9.45. The number of fused-ring (bicyclic) bond motifs is 1. The smallest absolute Gasteiger partial charge is 0.104 e. The number of nitrogens with one attached hydrogen (secondary N) is 2. The van der Waals surface area contributed by atoms with Crippen LogP contribution in [0.5, 0.6) is 0 Å². The molecule has 4 N–H and O–H groups in total. The summed E-state index contributed by atoms with van der Waals surface area (Å²) in [4.78, 5) is 4.68. The number of nitrogens with zero attached hydrogens (tertiary/aromatic N) is 1. The summed E-state index contributed by atoms with van der Waals surface area (Å²) in [5, 5.41) is 27.8. The molecule has 0 fully saturated rings. The summed E-state index contributed by atoms with van der Waals surface area (Å²) >= 11 is 1.65. The number of benzene rings is 2. The molecule has 0 radical (unpaired) electrons. The van der Waals surface area contributed by atoms with E-state index in [4.69, 9.17) is 0 Å². The molecule has 0 spiro atoms. The molecule has 0 aliphatic heterocycles. The Kier molecular flexibility index (Phi) is 6.34. The van der Waals surface area contributed by atoms with Crippen LogP contribution in [0.15, 0.2) is 66.2 Å². The zero-order valence-electron chi connectivity index (χ0n) is 17.7. The molecule has 0 amide bonds. The first-order chi connectivity index (χ1) is 15.0. The van der Waals surface area contributed by atoms with Crippen LogP contribution in [-0.2, 0) is 6.54 Å². The van der Waals surface area contributed by atoms with Gasteiger partial charge in [0.15, 0.2) is 0 Å². The van der Waals surface area contributed by atoms with E-state index in [2.05, 4.69) is 76.5 Å². The predicted molar refractivity (Wildman–Crippen MR) is 129 cm³/mol. The van der Waals surface area contributed by atoms with E-state index < -0.39 is 5.54 Å². The molecule has 6 heteroatoms. The number of aromatic nitrogens is 1. The maximum Gasteiger partial charge on any atom is 0.104 e. The zero-order valence-corrected chi connectivity index (χ0v) is 18.5. The Bertz CT molecular complexity index is 1170. The summed E-state index contributed by atoms with van der Waals surface area (Å²) in [5.41, 5.74) is 6.90. The van der Waals surface area contributed by atoms with E-state index >= 15 is 0 Å². The quantitative estimate of drug-likeness (QED) is 0.320. The minimum Gasteiger partial charge on any atom is -0.394 e. The van der Waals surface area contributed by atoms with Crippen LogP contribution in [0.2, 0.25) is 0 Å². The topological polar surface area (TPSA) is 77.4 Å². The van der Waals surface area contributed by atoms with Crippen LogP contribution < -0.4 is 10.6 Å². The number of thiophene rings is 1. The van der Waals surface area contributed by atoms with Gasteiger partial charge in [-0.3, -0.25) is 4.98 Å². The fourth-order valence-corrected chi connectivity index (χ4v) is 4.37. The molecule has 0 saturated heterocycles. The third-order valence-corrected chi connectivity index (χ3v) is 6.49. The van der Waals surface area contributed by atoms with Gasteiger partial charge in [0.05, 0.1) is 29.1 Å². The Balaban J connectivity index is 1.56. The van der Waals surface area contributed by atoms with Crippen molar-refractivity contribution < 1.29 is 10.2 Å². The third kappa shape index (κ3) is 4.62. The fourth-order valence-electron chi connectivity index (χ4n) is 3.46. The van der Waals surface area contributed by atoms with Crippen LogP contribution in [0.1, 0.15) is 18.1 Å². The van der Waals surface area contributed by atoms with Crippen molar-refractivity contribution in [2.24, 2.45) is 0 Å². The average molecular weight is 434 g/mol. The Hall–Kier alpha value is -2.77. The zero-order chi connectivity index (χ0) is 21.8. The van der Waals surface area contributed by atoms with Crippen molar-refractivity contribution in [1.82, 2.24) is 10.3 Å². The summed E-state index contributed by atoms with van der Waals surface area (Å²) in [5.74, 6) is 0. The Morgan fingerprint density at radius 1 is 1.00 bits per heavy atom. The molecule has 31 heavy (non-hydrogen) atoms. The third-order valence-electron chi connectivity index (χ3n) is 5.57. The first-order valence-corrected chi connectivity index (χ1v) is 11.2. The lowest BCUT2D eigenvalue weighted by Crippen LogP contribution is -2.48. The van der Waals surface area contributed by atoms with Gasteiger partial charge in [-0.05, 0) is 48.2 Å². The molecule has 4 aromatic rings. The SMILES string of the molecule is Cc1c(Nc2csc3cc(CNC(C)(CO)CO)cnc23)cccc1-c1ccccc1. The maximum atomic E-state index is 9.45. The van der Waals surface area contributed by atoms with Gasteiger partial charge in [-0.1, -0.05) is 42.5 Å². The number of hydrogen-bond acceptors (Lipinski definition) is 6. The van der Waals surface area contributed by atoms with E-state index in [1.807, 2.05) is 12.3 Å². The Labute approximate surface area is 186 Å². The van der Waals surface area contributed by atoms with Crippen molar-refractivity contribution in [3.05, 3.63) is 77.3 Å². The van der Waals surface area contributed by atoms with Crippen molar-refractivity contribution in [3.8, 4) is 11.1 Å². The van der Waals surface area contributed by atoms with Crippen molar-refractivity contribution in [2.45, 2.75) is 25.9 Å². The highest BCUT2D eigenvalue weighted by molar-refractivity contribution is 7.17. The largest absolute Gasteiger partial charge is 0.394 e. The van der Waals surface area contributed by atoms with E-state index in [1.165, 1.54) is 16.7 Å². The molecule has 2 heterocycles. The van der Waals surface area contributed by atoms with Crippen molar-refractivity contribution in [3.63, 3.8) is 0 Å². The highest BCUT2D eigenvalue weighted by Gasteiger charge is 2.21.